The van der Waals surface area contributed by atoms with Gasteiger partial charge in [0.15, 0.2) is 0 Å². The van der Waals surface area contributed by atoms with Crippen LogP contribution in [0, 0.1) is 13.8 Å². The van der Waals surface area contributed by atoms with E-state index >= 15 is 0 Å². The molecule has 2 heterocycles. The van der Waals surface area contributed by atoms with Crippen molar-refractivity contribution in [2.45, 2.75) is 39.8 Å². The Bertz CT molecular complexity index is 1340. The summed E-state index contributed by atoms with van der Waals surface area (Å²) in [5, 5.41) is 13.0. The zero-order chi connectivity index (χ0) is 22.8. The number of halogens is 1. The van der Waals surface area contributed by atoms with Gasteiger partial charge in [-0.25, -0.2) is 9.36 Å². The van der Waals surface area contributed by atoms with Gasteiger partial charge >= 0.3 is 0 Å². The molecule has 0 aliphatic rings. The zero-order valence-corrected chi connectivity index (χ0v) is 18.9. The van der Waals surface area contributed by atoms with Crippen LogP contribution in [0.4, 0.5) is 0 Å². The first-order valence-corrected chi connectivity index (χ1v) is 10.9. The van der Waals surface area contributed by atoms with Crippen molar-refractivity contribution in [2.75, 3.05) is 0 Å². The Morgan fingerprint density at radius 3 is 2.44 bits per heavy atom. The molecule has 7 nitrogen and oxygen atoms in total. The van der Waals surface area contributed by atoms with E-state index in [0.29, 0.717) is 33.7 Å². The molecule has 1 atom stereocenters. The van der Waals surface area contributed by atoms with Crippen molar-refractivity contribution in [3.8, 4) is 5.69 Å². The number of benzene rings is 2. The second-order valence-corrected chi connectivity index (χ2v) is 8.03. The van der Waals surface area contributed by atoms with Crippen molar-refractivity contribution in [1.29, 1.82) is 0 Å². The summed E-state index contributed by atoms with van der Waals surface area (Å²) in [4.78, 5) is 26.4. The molecule has 0 saturated carbocycles. The van der Waals surface area contributed by atoms with Gasteiger partial charge in [0.2, 0.25) is 5.91 Å². The fraction of sp³-hybridized carbons (Fsp3) is 0.250. The molecule has 4 rings (SSSR count). The Kier molecular flexibility index (Phi) is 6.10. The van der Waals surface area contributed by atoms with E-state index in [1.807, 2.05) is 62.4 Å². The zero-order valence-electron chi connectivity index (χ0n) is 18.2. The highest BCUT2D eigenvalue weighted by molar-refractivity contribution is 6.31. The summed E-state index contributed by atoms with van der Waals surface area (Å²) in [5.41, 5.74) is 3.18. The third-order valence-electron chi connectivity index (χ3n) is 5.53. The van der Waals surface area contributed by atoms with Crippen molar-refractivity contribution >= 4 is 28.4 Å². The lowest BCUT2D eigenvalue weighted by Crippen LogP contribution is -2.38. The first-order valence-electron chi connectivity index (χ1n) is 10.5. The second kappa shape index (κ2) is 8.96. The lowest BCUT2D eigenvalue weighted by molar-refractivity contribution is -0.125. The minimum atomic E-state index is -0.743. The Labute approximate surface area is 190 Å². The molecular formula is C24H24ClN5O2. The predicted molar refractivity (Wildman–Crippen MR) is 125 cm³/mol. The molecule has 1 amide bonds. The van der Waals surface area contributed by atoms with Gasteiger partial charge in [0.1, 0.15) is 11.6 Å². The number of nitrogens with zero attached hydrogens (tertiary/aromatic N) is 4. The van der Waals surface area contributed by atoms with Gasteiger partial charge in [0.25, 0.3) is 5.56 Å². The molecule has 2 aromatic heterocycles. The summed E-state index contributed by atoms with van der Waals surface area (Å²) < 4.78 is 3.02. The summed E-state index contributed by atoms with van der Waals surface area (Å²) in [5.74, 6) is -0.283. The monoisotopic (exact) mass is 449 g/mol. The van der Waals surface area contributed by atoms with E-state index in [-0.39, 0.29) is 18.0 Å². The highest BCUT2D eigenvalue weighted by Crippen LogP contribution is 2.21. The highest BCUT2D eigenvalue weighted by Gasteiger charge is 2.25. The second-order valence-electron chi connectivity index (χ2n) is 7.62. The van der Waals surface area contributed by atoms with Gasteiger partial charge in [0, 0.05) is 11.6 Å². The highest BCUT2D eigenvalue weighted by atomic mass is 35.5. The maximum Gasteiger partial charge on any atom is 0.278 e. The fourth-order valence-electron chi connectivity index (χ4n) is 3.82. The van der Waals surface area contributed by atoms with Crippen LogP contribution in [0.1, 0.15) is 36.3 Å². The van der Waals surface area contributed by atoms with E-state index in [0.717, 1.165) is 11.3 Å². The van der Waals surface area contributed by atoms with Crippen molar-refractivity contribution < 1.29 is 4.79 Å². The normalized spacial score (nSPS) is 12.1. The average molecular weight is 450 g/mol. The number of nitrogens with one attached hydrogen (secondary N) is 1. The lowest BCUT2D eigenvalue weighted by Gasteiger charge is -2.17. The maximum atomic E-state index is 13.4. The first kappa shape index (κ1) is 21.8. The largest absolute Gasteiger partial charge is 0.350 e. The van der Waals surface area contributed by atoms with Gasteiger partial charge in [-0.15, -0.1) is 0 Å². The van der Waals surface area contributed by atoms with Crippen LogP contribution in [0.25, 0.3) is 16.6 Å². The van der Waals surface area contributed by atoms with Gasteiger partial charge in [-0.2, -0.15) is 10.2 Å². The summed E-state index contributed by atoms with van der Waals surface area (Å²) >= 11 is 6.19. The SMILES string of the molecule is CC[C@H](C(=O)NCc1ccccc1Cl)n1nc(C)c2nn(-c3ccccc3)c(C)c2c1=O. The topological polar surface area (TPSA) is 81.8 Å². The van der Waals surface area contributed by atoms with E-state index in [9.17, 15) is 9.59 Å². The molecule has 32 heavy (non-hydrogen) atoms. The number of aryl methyl sites for hydroxylation is 2. The molecule has 0 aliphatic carbocycles. The van der Waals surface area contributed by atoms with Crippen LogP contribution in [0.3, 0.4) is 0 Å². The molecule has 2 aromatic carbocycles. The molecule has 4 aromatic rings. The van der Waals surface area contributed by atoms with Crippen molar-refractivity contribution in [1.82, 2.24) is 24.9 Å². The van der Waals surface area contributed by atoms with Gasteiger partial charge in [-0.05, 0) is 44.0 Å². The molecule has 1 N–H and O–H groups in total. The van der Waals surface area contributed by atoms with Crippen LogP contribution in [-0.2, 0) is 11.3 Å². The number of carbonyl (C=O) groups is 1. The molecule has 0 saturated heterocycles. The van der Waals surface area contributed by atoms with Crippen LogP contribution in [0.15, 0.2) is 59.4 Å². The van der Waals surface area contributed by atoms with Crippen LogP contribution in [0.5, 0.6) is 0 Å². The quantitative estimate of drug-likeness (QED) is 0.480. The molecule has 0 fully saturated rings. The van der Waals surface area contributed by atoms with Crippen LogP contribution < -0.4 is 10.9 Å². The van der Waals surface area contributed by atoms with Crippen LogP contribution >= 0.6 is 11.6 Å². The number of rotatable bonds is 6. The molecule has 8 heteroatoms. The number of hydrogen-bond acceptors (Lipinski definition) is 4. The Morgan fingerprint density at radius 1 is 1.06 bits per heavy atom. The van der Waals surface area contributed by atoms with Gasteiger partial charge in [-0.1, -0.05) is 54.9 Å². The van der Waals surface area contributed by atoms with E-state index in [1.54, 1.807) is 17.7 Å². The van der Waals surface area contributed by atoms with Crippen molar-refractivity contribution in [3.05, 3.63) is 86.9 Å². The standard InChI is InChI=1S/C24H24ClN5O2/c1-4-20(23(31)26-14-17-10-8-9-13-19(17)25)30-24(32)21-16(3)29(18-11-6-5-7-12-18)28-22(21)15(2)27-30/h5-13,20H,4,14H2,1-3H3,(H,26,31)/t20-/m1/s1. The molecular weight excluding hydrogens is 426 g/mol. The van der Waals surface area contributed by atoms with Gasteiger partial charge < -0.3 is 5.32 Å². The molecule has 164 valence electrons. The maximum absolute atomic E-state index is 13.4. The first-order chi connectivity index (χ1) is 15.4. The smallest absolute Gasteiger partial charge is 0.278 e. The van der Waals surface area contributed by atoms with Gasteiger partial charge in [0.05, 0.1) is 22.5 Å². The molecule has 0 bridgehead atoms. The third-order valence-corrected chi connectivity index (χ3v) is 5.90. The third kappa shape index (κ3) is 3.91. The summed E-state index contributed by atoms with van der Waals surface area (Å²) in [6, 6.07) is 16.2. The number of aromatic nitrogens is 4. The number of amides is 1. The summed E-state index contributed by atoms with van der Waals surface area (Å²) in [6.45, 7) is 5.78. The Morgan fingerprint density at radius 2 is 1.75 bits per heavy atom. The van der Waals surface area contributed by atoms with Crippen molar-refractivity contribution in [3.63, 3.8) is 0 Å². The molecule has 0 radical (unpaired) electrons. The number of fused-ring (bicyclic) bond motifs is 1. The average Bonchev–Trinajstić information content (AvgIpc) is 3.15. The Hall–Kier alpha value is -3.45. The molecule has 0 aliphatic heterocycles. The van der Waals surface area contributed by atoms with E-state index < -0.39 is 6.04 Å². The fourth-order valence-corrected chi connectivity index (χ4v) is 4.03. The van der Waals surface area contributed by atoms with Gasteiger partial charge in [-0.3, -0.25) is 9.59 Å². The van der Waals surface area contributed by atoms with E-state index in [2.05, 4.69) is 15.5 Å². The predicted octanol–water partition coefficient (Wildman–Crippen LogP) is 4.12. The Balaban J connectivity index is 1.72. The van der Waals surface area contributed by atoms with Crippen molar-refractivity contribution in [2.24, 2.45) is 0 Å². The summed E-state index contributed by atoms with van der Waals surface area (Å²) in [7, 11) is 0. The van der Waals surface area contributed by atoms with E-state index in [4.69, 9.17) is 11.6 Å². The van der Waals surface area contributed by atoms with Crippen LogP contribution in [-0.4, -0.2) is 25.5 Å². The minimum absolute atomic E-state index is 0.274. The minimum Gasteiger partial charge on any atom is -0.350 e. The number of para-hydroxylation sites is 1. The van der Waals surface area contributed by atoms with E-state index in [1.165, 1.54) is 4.68 Å². The van der Waals surface area contributed by atoms with Crippen LogP contribution in [0.2, 0.25) is 5.02 Å². The number of carbonyl (C=O) groups excluding carboxylic acids is 1. The molecule has 0 unspecified atom stereocenters. The molecule has 0 spiro atoms. The number of hydrogen-bond donors (Lipinski definition) is 1. The lowest BCUT2D eigenvalue weighted by atomic mass is 10.1. The summed E-state index contributed by atoms with van der Waals surface area (Å²) in [6.07, 6.45) is 0.415.